The molecule has 4 heterocycles. The minimum absolute atomic E-state index is 0.570. The van der Waals surface area contributed by atoms with E-state index < -0.39 is 0 Å². The Kier molecular flexibility index (Phi) is 6.83. The number of benzene rings is 8. The average Bonchev–Trinajstić information content (AvgIpc) is 3.93. The maximum absolute atomic E-state index is 5.40. The Morgan fingerprint density at radius 3 is 1.44 bits per heavy atom. The summed E-state index contributed by atoms with van der Waals surface area (Å²) in [7, 11) is 0. The fourth-order valence-electron chi connectivity index (χ4n) is 8.85. The van der Waals surface area contributed by atoms with Crippen LogP contribution in [0.3, 0.4) is 0 Å². The molecule has 4 aromatic heterocycles. The zero-order valence-corrected chi connectivity index (χ0v) is 30.7. The molecule has 0 radical (unpaired) electrons. The zero-order valence-electron chi connectivity index (χ0n) is 30.7. The molecule has 6 nitrogen and oxygen atoms in total. The van der Waals surface area contributed by atoms with E-state index in [2.05, 4.69) is 190 Å². The van der Waals surface area contributed by atoms with Crippen molar-refractivity contribution < 1.29 is 0 Å². The normalized spacial score (nSPS) is 11.9. The predicted octanol–water partition coefficient (Wildman–Crippen LogP) is 12.5. The molecule has 0 unspecified atom stereocenters. The maximum Gasteiger partial charge on any atom is 0.238 e. The van der Waals surface area contributed by atoms with Crippen molar-refractivity contribution in [1.82, 2.24) is 28.7 Å². The van der Waals surface area contributed by atoms with E-state index in [0.29, 0.717) is 17.6 Å². The van der Waals surface area contributed by atoms with Crippen molar-refractivity contribution in [1.29, 1.82) is 0 Å². The zero-order chi connectivity index (χ0) is 37.5. The Hall–Kier alpha value is -7.83. The SMILES string of the molecule is c1ccc(-c2nc(-c3ccc4c(c3)c3ccccc3n4-c3ccccc3)nc(-n3c4ccccc4c4ccc5c(c6ccccc6n5-c5ccccc5)c43)n2)cc1. The Balaban J connectivity index is 1.17. The Morgan fingerprint density at radius 1 is 0.298 bits per heavy atom. The third-order valence-electron chi connectivity index (χ3n) is 11.3. The van der Waals surface area contributed by atoms with Crippen LogP contribution in [0.1, 0.15) is 0 Å². The molecule has 0 atom stereocenters. The van der Waals surface area contributed by atoms with E-state index >= 15 is 0 Å². The van der Waals surface area contributed by atoms with E-state index in [0.717, 1.165) is 77.1 Å². The predicted molar refractivity (Wildman–Crippen MR) is 234 cm³/mol. The smallest absolute Gasteiger partial charge is 0.238 e. The summed E-state index contributed by atoms with van der Waals surface area (Å²) in [4.78, 5) is 15.9. The Labute approximate surface area is 327 Å². The first-order valence-corrected chi connectivity index (χ1v) is 19.2. The lowest BCUT2D eigenvalue weighted by molar-refractivity contribution is 0.955. The molecule has 57 heavy (non-hydrogen) atoms. The fourth-order valence-corrected chi connectivity index (χ4v) is 8.85. The van der Waals surface area contributed by atoms with Crippen molar-refractivity contribution in [2.24, 2.45) is 0 Å². The molecule has 0 saturated heterocycles. The molecular formula is C51H32N6. The molecule has 0 N–H and O–H groups in total. The van der Waals surface area contributed by atoms with Crippen LogP contribution in [0, 0.1) is 0 Å². The summed E-state index contributed by atoms with van der Waals surface area (Å²) in [5.41, 5.74) is 10.7. The molecule has 12 rings (SSSR count). The van der Waals surface area contributed by atoms with Gasteiger partial charge >= 0.3 is 0 Å². The second-order valence-corrected chi connectivity index (χ2v) is 14.5. The molecule has 6 heteroatoms. The van der Waals surface area contributed by atoms with E-state index in [1.807, 2.05) is 18.2 Å². The van der Waals surface area contributed by atoms with Gasteiger partial charge in [0.25, 0.3) is 0 Å². The lowest BCUT2D eigenvalue weighted by atomic mass is 10.1. The van der Waals surface area contributed by atoms with E-state index in [1.54, 1.807) is 0 Å². The highest BCUT2D eigenvalue weighted by Gasteiger charge is 2.23. The van der Waals surface area contributed by atoms with Crippen molar-refractivity contribution in [3.8, 4) is 40.1 Å². The van der Waals surface area contributed by atoms with Gasteiger partial charge in [-0.3, -0.25) is 4.57 Å². The van der Waals surface area contributed by atoms with Gasteiger partial charge in [-0.2, -0.15) is 9.97 Å². The quantitative estimate of drug-likeness (QED) is 0.177. The van der Waals surface area contributed by atoms with Crippen molar-refractivity contribution in [3.05, 3.63) is 194 Å². The highest BCUT2D eigenvalue weighted by molar-refractivity contribution is 6.26. The molecule has 0 saturated carbocycles. The standard InChI is InChI=1S/C51H32N6/c1-4-16-33(17-5-1)49-52-50(34-28-30-45-41(32-34)38-23-11-13-25-42(38)55(45)35-18-6-2-7-19-35)54-51(53-49)57-43-26-14-10-22-37(43)39-29-31-46-47(48(39)57)40-24-12-15-27-44(40)56(46)36-20-8-3-9-21-36/h1-32H. The summed E-state index contributed by atoms with van der Waals surface area (Å²) < 4.78 is 6.95. The van der Waals surface area contributed by atoms with Crippen LogP contribution in [0.25, 0.3) is 106 Å². The van der Waals surface area contributed by atoms with Gasteiger partial charge < -0.3 is 9.13 Å². The van der Waals surface area contributed by atoms with Gasteiger partial charge in [0.05, 0.1) is 33.1 Å². The molecule has 0 fully saturated rings. The van der Waals surface area contributed by atoms with Gasteiger partial charge in [0, 0.05) is 54.8 Å². The highest BCUT2D eigenvalue weighted by atomic mass is 15.2. The average molecular weight is 729 g/mol. The maximum atomic E-state index is 5.40. The number of aromatic nitrogens is 6. The van der Waals surface area contributed by atoms with Crippen LogP contribution in [0.4, 0.5) is 0 Å². The van der Waals surface area contributed by atoms with Gasteiger partial charge in [-0.15, -0.1) is 0 Å². The van der Waals surface area contributed by atoms with Crippen LogP contribution < -0.4 is 0 Å². The first kappa shape index (κ1) is 31.5. The highest BCUT2D eigenvalue weighted by Crippen LogP contribution is 2.42. The summed E-state index contributed by atoms with van der Waals surface area (Å²) >= 11 is 0. The molecule has 0 amide bonds. The van der Waals surface area contributed by atoms with Gasteiger partial charge in [0.15, 0.2) is 11.6 Å². The monoisotopic (exact) mass is 728 g/mol. The van der Waals surface area contributed by atoms with Crippen molar-refractivity contribution >= 4 is 65.4 Å². The van der Waals surface area contributed by atoms with Crippen LogP contribution >= 0.6 is 0 Å². The van der Waals surface area contributed by atoms with Crippen LogP contribution in [-0.2, 0) is 0 Å². The van der Waals surface area contributed by atoms with Crippen LogP contribution in [0.2, 0.25) is 0 Å². The summed E-state index contributed by atoms with van der Waals surface area (Å²) in [5, 5.41) is 6.93. The van der Waals surface area contributed by atoms with Crippen molar-refractivity contribution in [3.63, 3.8) is 0 Å². The lowest BCUT2D eigenvalue weighted by Crippen LogP contribution is -2.06. The summed E-state index contributed by atoms with van der Waals surface area (Å²) in [6.45, 7) is 0. The van der Waals surface area contributed by atoms with Gasteiger partial charge in [-0.1, -0.05) is 127 Å². The van der Waals surface area contributed by atoms with E-state index in [9.17, 15) is 0 Å². The molecule has 8 aromatic carbocycles. The number of para-hydroxylation sites is 5. The fraction of sp³-hybridized carbons (Fsp3) is 0. The topological polar surface area (TPSA) is 53.5 Å². The first-order chi connectivity index (χ1) is 28.3. The summed E-state index contributed by atoms with van der Waals surface area (Å²) in [5.74, 6) is 1.80. The lowest BCUT2D eigenvalue weighted by Gasteiger charge is -2.12. The van der Waals surface area contributed by atoms with Crippen LogP contribution in [0.5, 0.6) is 0 Å². The number of hydrogen-bond acceptors (Lipinski definition) is 3. The van der Waals surface area contributed by atoms with Gasteiger partial charge in [-0.25, -0.2) is 4.98 Å². The number of fused-ring (bicyclic) bond motifs is 10. The van der Waals surface area contributed by atoms with Gasteiger partial charge in [0.1, 0.15) is 0 Å². The third-order valence-corrected chi connectivity index (χ3v) is 11.3. The molecule has 266 valence electrons. The molecule has 0 aliphatic rings. The Morgan fingerprint density at radius 2 is 0.772 bits per heavy atom. The first-order valence-electron chi connectivity index (χ1n) is 19.2. The molecule has 12 aromatic rings. The summed E-state index contributed by atoms with van der Waals surface area (Å²) in [6.07, 6.45) is 0. The second-order valence-electron chi connectivity index (χ2n) is 14.5. The largest absolute Gasteiger partial charge is 0.309 e. The van der Waals surface area contributed by atoms with Crippen molar-refractivity contribution in [2.45, 2.75) is 0 Å². The van der Waals surface area contributed by atoms with Crippen molar-refractivity contribution in [2.75, 3.05) is 0 Å². The van der Waals surface area contributed by atoms with E-state index in [4.69, 9.17) is 15.0 Å². The van der Waals surface area contributed by atoms with Gasteiger partial charge in [0.2, 0.25) is 5.95 Å². The molecule has 0 aliphatic heterocycles. The Bertz CT molecular complexity index is 3510. The minimum atomic E-state index is 0.570. The van der Waals surface area contributed by atoms with E-state index in [1.165, 1.54) is 10.8 Å². The number of rotatable bonds is 5. The van der Waals surface area contributed by atoms with Gasteiger partial charge in [-0.05, 0) is 66.7 Å². The molecular weight excluding hydrogens is 697 g/mol. The van der Waals surface area contributed by atoms with Crippen LogP contribution in [0.15, 0.2) is 194 Å². The molecule has 0 spiro atoms. The third kappa shape index (κ3) is 4.74. The van der Waals surface area contributed by atoms with E-state index in [-0.39, 0.29) is 0 Å². The van der Waals surface area contributed by atoms with Crippen LogP contribution in [-0.4, -0.2) is 28.7 Å². The minimum Gasteiger partial charge on any atom is -0.309 e. The number of nitrogens with zero attached hydrogens (tertiary/aromatic N) is 6. The second kappa shape index (κ2) is 12.3. The molecule has 0 aliphatic carbocycles. The number of hydrogen-bond donors (Lipinski definition) is 0. The summed E-state index contributed by atoms with van der Waals surface area (Å²) in [6, 6.07) is 68.3. The molecule has 0 bridgehead atoms.